The smallest absolute Gasteiger partial charge is 0.266 e. The Morgan fingerprint density at radius 3 is 3.09 bits per heavy atom. The van der Waals surface area contributed by atoms with E-state index in [9.17, 15) is 4.79 Å². The van der Waals surface area contributed by atoms with Gasteiger partial charge in [0.2, 0.25) is 0 Å². The Bertz CT molecular complexity index is 543. The Hall–Kier alpha value is -1.88. The molecule has 1 aromatic rings. The number of nitrogens with one attached hydrogen (secondary N) is 1. The molecule has 1 atom stereocenters. The number of carbonyl (C=O) groups excluding carboxylic acids is 1. The number of hydrogen-bond acceptors (Lipinski definition) is 4. The summed E-state index contributed by atoms with van der Waals surface area (Å²) < 4.78 is 0. The first-order valence-electron chi connectivity index (χ1n) is 7.88. The fraction of sp³-hybridized carbons (Fsp3) is 0.529. The molecule has 0 aromatic heterocycles. The fourth-order valence-electron chi connectivity index (χ4n) is 3.15. The molecule has 0 radical (unpaired) electrons. The van der Waals surface area contributed by atoms with Crippen molar-refractivity contribution in [2.24, 2.45) is 5.16 Å². The number of rotatable bonds is 4. The van der Waals surface area contributed by atoms with Gasteiger partial charge in [0.25, 0.3) is 5.91 Å². The maximum atomic E-state index is 11.4. The van der Waals surface area contributed by atoms with Crippen molar-refractivity contribution in [3.63, 3.8) is 0 Å². The van der Waals surface area contributed by atoms with Gasteiger partial charge < -0.3 is 10.5 Å². The van der Waals surface area contributed by atoms with Crippen molar-refractivity contribution in [3.05, 3.63) is 34.9 Å². The van der Waals surface area contributed by atoms with Gasteiger partial charge in [-0.15, -0.1) is 0 Å². The van der Waals surface area contributed by atoms with E-state index in [2.05, 4.69) is 40.5 Å². The number of hydrogen-bond donors (Lipinski definition) is 2. The van der Waals surface area contributed by atoms with Crippen molar-refractivity contribution >= 4 is 12.1 Å². The van der Waals surface area contributed by atoms with E-state index < -0.39 is 0 Å². The monoisotopic (exact) mass is 303 g/mol. The van der Waals surface area contributed by atoms with Crippen LogP contribution in [-0.4, -0.2) is 41.4 Å². The lowest BCUT2D eigenvalue weighted by molar-refractivity contribution is -0.115. The first kappa shape index (κ1) is 16.5. The summed E-state index contributed by atoms with van der Waals surface area (Å²) in [6.45, 7) is 6.91. The molecule has 5 nitrogen and oxygen atoms in total. The molecule has 0 saturated carbocycles. The third kappa shape index (κ3) is 4.56. The predicted molar refractivity (Wildman–Crippen MR) is 87.3 cm³/mol. The molecule has 22 heavy (non-hydrogen) atoms. The van der Waals surface area contributed by atoms with Crippen LogP contribution in [0, 0.1) is 6.92 Å². The number of aryl methyl sites for hydroxylation is 1. The van der Waals surface area contributed by atoms with E-state index in [1.807, 2.05) is 6.92 Å². The van der Waals surface area contributed by atoms with E-state index >= 15 is 0 Å². The maximum absolute atomic E-state index is 11.4. The van der Waals surface area contributed by atoms with E-state index in [0.717, 1.165) is 32.3 Å². The van der Waals surface area contributed by atoms with Crippen LogP contribution in [0.3, 0.4) is 0 Å². The molecule has 2 N–H and O–H groups in total. The molecule has 0 spiro atoms. The molecule has 0 bridgehead atoms. The normalized spacial score (nSPS) is 17.5. The van der Waals surface area contributed by atoms with Gasteiger partial charge >= 0.3 is 0 Å². The first-order chi connectivity index (χ1) is 10.6. The molecule has 1 amide bonds. The van der Waals surface area contributed by atoms with Crippen molar-refractivity contribution in [2.45, 2.75) is 45.7 Å². The third-order valence-corrected chi connectivity index (χ3v) is 4.15. The number of benzene rings is 1. The first-order valence-corrected chi connectivity index (χ1v) is 7.88. The van der Waals surface area contributed by atoms with E-state index in [-0.39, 0.29) is 11.9 Å². The number of carbonyl (C=O) groups is 1. The number of nitrogens with zero attached hydrogens (tertiary/aromatic N) is 2. The minimum atomic E-state index is -0.363. The predicted octanol–water partition coefficient (Wildman–Crippen LogP) is 2.10. The molecule has 0 unspecified atom stereocenters. The zero-order valence-electron chi connectivity index (χ0n) is 13.4. The van der Waals surface area contributed by atoms with E-state index in [4.69, 9.17) is 5.21 Å². The minimum Gasteiger partial charge on any atom is -0.411 e. The van der Waals surface area contributed by atoms with Crippen LogP contribution in [0.2, 0.25) is 0 Å². The number of fused-ring (bicyclic) bond motifs is 1. The van der Waals surface area contributed by atoms with Gasteiger partial charge in [-0.2, -0.15) is 0 Å². The zero-order chi connectivity index (χ0) is 15.9. The average Bonchev–Trinajstić information content (AvgIpc) is 2.42. The molecule has 120 valence electrons. The minimum absolute atomic E-state index is 0.0122. The second-order valence-corrected chi connectivity index (χ2v) is 6.06. The lowest BCUT2D eigenvalue weighted by Gasteiger charge is -2.29. The van der Waals surface area contributed by atoms with Gasteiger partial charge in [-0.3, -0.25) is 9.69 Å². The topological polar surface area (TPSA) is 64.9 Å². The molecule has 0 saturated heterocycles. The third-order valence-electron chi connectivity index (χ3n) is 4.15. The van der Waals surface area contributed by atoms with Crippen LogP contribution in [0.5, 0.6) is 0 Å². The van der Waals surface area contributed by atoms with Crippen molar-refractivity contribution < 1.29 is 10.0 Å². The Balaban J connectivity index is 2.01. The molecule has 1 aromatic carbocycles. The van der Waals surface area contributed by atoms with E-state index in [0.29, 0.717) is 0 Å². The zero-order valence-corrected chi connectivity index (χ0v) is 13.4. The molecule has 5 heteroatoms. The van der Waals surface area contributed by atoms with Crippen molar-refractivity contribution in [1.82, 2.24) is 10.2 Å². The van der Waals surface area contributed by atoms with Crippen LogP contribution in [0.15, 0.2) is 23.4 Å². The standard InChI is InChI=1S/C17H25N3O2/c1-13-6-5-7-15-12-20(9-4-3-8-16(13)15)11-14(2)19-17(21)10-18-22/h5-7,10,14,22H,3-4,8-9,11-12H2,1-2H3,(H,19,21)/b18-10-/t14-/m0/s1. The molecular weight excluding hydrogens is 278 g/mol. The Morgan fingerprint density at radius 2 is 2.32 bits per heavy atom. The molecule has 0 fully saturated rings. The van der Waals surface area contributed by atoms with E-state index in [1.54, 1.807) is 0 Å². The summed E-state index contributed by atoms with van der Waals surface area (Å²) in [4.78, 5) is 13.8. The maximum Gasteiger partial charge on any atom is 0.266 e. The van der Waals surface area contributed by atoms with Crippen molar-refractivity contribution in [1.29, 1.82) is 0 Å². The summed E-state index contributed by atoms with van der Waals surface area (Å²) in [5, 5.41) is 13.9. The highest BCUT2D eigenvalue weighted by molar-refractivity contribution is 6.26. The van der Waals surface area contributed by atoms with Gasteiger partial charge in [-0.1, -0.05) is 23.4 Å². The molecule has 1 aliphatic heterocycles. The van der Waals surface area contributed by atoms with Gasteiger partial charge in [0.05, 0.1) is 0 Å². The quantitative estimate of drug-likeness (QED) is 0.508. The van der Waals surface area contributed by atoms with Crippen LogP contribution in [0.4, 0.5) is 0 Å². The largest absolute Gasteiger partial charge is 0.411 e. The Kier molecular flexibility index (Phi) is 5.95. The van der Waals surface area contributed by atoms with Gasteiger partial charge in [0.1, 0.15) is 6.21 Å². The molecule has 1 heterocycles. The van der Waals surface area contributed by atoms with Crippen molar-refractivity contribution in [2.75, 3.05) is 13.1 Å². The Labute approximate surface area is 132 Å². The van der Waals surface area contributed by atoms with Gasteiger partial charge in [0.15, 0.2) is 0 Å². The van der Waals surface area contributed by atoms with Crippen LogP contribution in [0.25, 0.3) is 0 Å². The molecule has 2 rings (SSSR count). The summed E-state index contributed by atoms with van der Waals surface area (Å²) >= 11 is 0. The van der Waals surface area contributed by atoms with Crippen molar-refractivity contribution in [3.8, 4) is 0 Å². The summed E-state index contributed by atoms with van der Waals surface area (Å²) in [6.07, 6.45) is 4.43. The lowest BCUT2D eigenvalue weighted by atomic mass is 9.95. The van der Waals surface area contributed by atoms with E-state index in [1.165, 1.54) is 29.5 Å². The van der Waals surface area contributed by atoms with Crippen LogP contribution in [0.1, 0.15) is 36.5 Å². The summed E-state index contributed by atoms with van der Waals surface area (Å²) in [6, 6.07) is 6.53. The van der Waals surface area contributed by atoms with Gasteiger partial charge in [-0.05, 0) is 56.3 Å². The lowest BCUT2D eigenvalue weighted by Crippen LogP contribution is -2.42. The molecule has 1 aliphatic rings. The molecular formula is C17H25N3O2. The Morgan fingerprint density at radius 1 is 1.50 bits per heavy atom. The average molecular weight is 303 g/mol. The van der Waals surface area contributed by atoms with Crippen LogP contribution >= 0.6 is 0 Å². The highest BCUT2D eigenvalue weighted by Gasteiger charge is 2.17. The number of oxime groups is 1. The summed E-state index contributed by atoms with van der Waals surface area (Å²) in [5.74, 6) is -0.363. The summed E-state index contributed by atoms with van der Waals surface area (Å²) in [7, 11) is 0. The SMILES string of the molecule is Cc1cccc2c1CCCCN(C[C@H](C)NC(=O)/C=N\O)C2. The fourth-order valence-corrected chi connectivity index (χ4v) is 3.15. The van der Waals surface area contributed by atoms with Crippen LogP contribution < -0.4 is 5.32 Å². The second-order valence-electron chi connectivity index (χ2n) is 6.06. The second kappa shape index (κ2) is 7.94. The summed E-state index contributed by atoms with van der Waals surface area (Å²) in [5.41, 5.74) is 4.26. The van der Waals surface area contributed by atoms with Crippen LogP contribution in [-0.2, 0) is 17.8 Å². The highest BCUT2D eigenvalue weighted by atomic mass is 16.4. The van der Waals surface area contributed by atoms with Gasteiger partial charge in [0, 0.05) is 19.1 Å². The van der Waals surface area contributed by atoms with Gasteiger partial charge in [-0.25, -0.2) is 0 Å². The number of amides is 1. The molecule has 0 aliphatic carbocycles. The highest BCUT2D eigenvalue weighted by Crippen LogP contribution is 2.21.